The van der Waals surface area contributed by atoms with Crippen LogP contribution in [0, 0.1) is 0 Å². The molecule has 0 spiro atoms. The van der Waals surface area contributed by atoms with Crippen molar-refractivity contribution in [3.63, 3.8) is 0 Å². The van der Waals surface area contributed by atoms with Crippen LogP contribution < -0.4 is 0 Å². The lowest BCUT2D eigenvalue weighted by Crippen LogP contribution is -2.12. The first-order valence-electron chi connectivity index (χ1n) is 3.06. The third kappa shape index (κ3) is 5.21. The zero-order valence-corrected chi connectivity index (χ0v) is 6.83. The van der Waals surface area contributed by atoms with Crippen molar-refractivity contribution in [2.24, 2.45) is 10.3 Å². The van der Waals surface area contributed by atoms with E-state index in [1.165, 1.54) is 0 Å². The first kappa shape index (κ1) is 9.07. The van der Waals surface area contributed by atoms with Gasteiger partial charge in [-0.3, -0.25) is 4.79 Å². The maximum Gasteiger partial charge on any atom is 0.230 e. The van der Waals surface area contributed by atoms with Gasteiger partial charge >= 0.3 is 0 Å². The molecule has 0 aliphatic heterocycles. The Morgan fingerprint density at radius 3 is 2.20 bits per heavy atom. The normalized spacial score (nSPS) is 12.0. The lowest BCUT2D eigenvalue weighted by Gasteiger charge is -2.10. The largest absolute Gasteiger partial charge is 0.277 e. The molecule has 58 valence electrons. The molecule has 0 N–H and O–H groups in total. The maximum absolute atomic E-state index is 9.99. The molecule has 0 rings (SSSR count). The van der Waals surface area contributed by atoms with E-state index in [0.717, 1.165) is 5.01 Å². The van der Waals surface area contributed by atoms with Gasteiger partial charge in [0.15, 0.2) is 0 Å². The smallest absolute Gasteiger partial charge is 0.230 e. The highest BCUT2D eigenvalue weighted by molar-refractivity contribution is 5.45. The molecule has 0 radical (unpaired) electrons. The maximum atomic E-state index is 9.99. The minimum atomic E-state index is -0.211. The van der Waals surface area contributed by atoms with E-state index in [0.29, 0.717) is 6.41 Å². The van der Waals surface area contributed by atoms with Gasteiger partial charge in [-0.15, -0.1) is 0 Å². The Hall–Kier alpha value is -0.930. The van der Waals surface area contributed by atoms with Crippen molar-refractivity contribution in [2.75, 3.05) is 7.05 Å². The zero-order valence-electron chi connectivity index (χ0n) is 6.83. The van der Waals surface area contributed by atoms with Crippen LogP contribution in [0.25, 0.3) is 0 Å². The predicted octanol–water partition coefficient (Wildman–Crippen LogP) is 1.24. The Morgan fingerprint density at radius 2 is 1.90 bits per heavy atom. The highest BCUT2D eigenvalue weighted by Gasteiger charge is 2.06. The molecule has 0 bridgehead atoms. The van der Waals surface area contributed by atoms with Gasteiger partial charge in [-0.05, 0) is 20.8 Å². The molecule has 0 saturated heterocycles. The molecule has 0 saturated carbocycles. The summed E-state index contributed by atoms with van der Waals surface area (Å²) in [5.74, 6) is 0. The average Bonchev–Trinajstić information content (AvgIpc) is 1.81. The van der Waals surface area contributed by atoms with Crippen LogP contribution in [-0.4, -0.2) is 24.0 Å². The first-order chi connectivity index (χ1) is 4.45. The van der Waals surface area contributed by atoms with Crippen LogP contribution in [-0.2, 0) is 4.79 Å². The second kappa shape index (κ2) is 3.29. The number of rotatable bonds is 2. The minimum absolute atomic E-state index is 0.211. The van der Waals surface area contributed by atoms with Crippen molar-refractivity contribution in [1.82, 2.24) is 5.01 Å². The van der Waals surface area contributed by atoms with Gasteiger partial charge in [-0.2, -0.15) is 5.11 Å². The predicted molar refractivity (Wildman–Crippen MR) is 38.4 cm³/mol. The van der Waals surface area contributed by atoms with E-state index in [9.17, 15) is 4.79 Å². The average molecular weight is 143 g/mol. The van der Waals surface area contributed by atoms with E-state index >= 15 is 0 Å². The summed E-state index contributed by atoms with van der Waals surface area (Å²) in [5, 5.41) is 8.58. The highest BCUT2D eigenvalue weighted by atomic mass is 16.1. The third-order valence-electron chi connectivity index (χ3n) is 0.638. The molecular weight excluding hydrogens is 130 g/mol. The zero-order chi connectivity index (χ0) is 8.20. The van der Waals surface area contributed by atoms with Gasteiger partial charge in [0.05, 0.1) is 5.54 Å². The molecule has 0 aromatic heterocycles. The second-order valence-electron chi connectivity index (χ2n) is 3.04. The summed E-state index contributed by atoms with van der Waals surface area (Å²) in [5.41, 5.74) is -0.211. The van der Waals surface area contributed by atoms with E-state index in [1.54, 1.807) is 7.05 Å². The number of hydrogen-bond acceptors (Lipinski definition) is 3. The Morgan fingerprint density at radius 1 is 1.40 bits per heavy atom. The van der Waals surface area contributed by atoms with Gasteiger partial charge in [-0.25, -0.2) is 5.01 Å². The lowest BCUT2D eigenvalue weighted by molar-refractivity contribution is -0.117. The van der Waals surface area contributed by atoms with E-state index in [2.05, 4.69) is 10.3 Å². The van der Waals surface area contributed by atoms with Crippen molar-refractivity contribution < 1.29 is 4.79 Å². The second-order valence-corrected chi connectivity index (χ2v) is 3.04. The topological polar surface area (TPSA) is 45.0 Å². The number of carbonyl (C=O) groups is 1. The molecule has 10 heavy (non-hydrogen) atoms. The molecule has 0 aliphatic carbocycles. The number of nitrogens with zero attached hydrogens (tertiary/aromatic N) is 3. The quantitative estimate of drug-likeness (QED) is 0.326. The molecule has 0 heterocycles. The fraction of sp³-hybridized carbons (Fsp3) is 0.833. The van der Waals surface area contributed by atoms with Crippen LogP contribution >= 0.6 is 0 Å². The fourth-order valence-corrected chi connectivity index (χ4v) is 0.226. The number of amides is 1. The third-order valence-corrected chi connectivity index (χ3v) is 0.638. The molecular formula is C6H13N3O. The van der Waals surface area contributed by atoms with Crippen LogP contribution in [0.2, 0.25) is 0 Å². The molecule has 0 fully saturated rings. The highest BCUT2D eigenvalue weighted by Crippen LogP contribution is 2.06. The van der Waals surface area contributed by atoms with Gasteiger partial charge in [0.2, 0.25) is 6.41 Å². The standard InChI is InChI=1S/C6H13N3O/c1-6(2,3)7-8-9(4)5-10/h5H,1-4H3/b8-7+. The molecule has 0 aliphatic rings. The number of carbonyl (C=O) groups excluding carboxylic acids is 1. The van der Waals surface area contributed by atoms with Crippen LogP contribution in [0.1, 0.15) is 20.8 Å². The van der Waals surface area contributed by atoms with Gasteiger partial charge in [0, 0.05) is 7.05 Å². The summed E-state index contributed by atoms with van der Waals surface area (Å²) in [6.07, 6.45) is 0.606. The Labute approximate surface area is 60.9 Å². The summed E-state index contributed by atoms with van der Waals surface area (Å²) in [4.78, 5) is 9.99. The van der Waals surface area contributed by atoms with Crippen molar-refractivity contribution in [3.8, 4) is 0 Å². The molecule has 0 aromatic rings. The van der Waals surface area contributed by atoms with Crippen LogP contribution in [0.4, 0.5) is 0 Å². The van der Waals surface area contributed by atoms with Gasteiger partial charge < -0.3 is 0 Å². The van der Waals surface area contributed by atoms with Crippen molar-refractivity contribution >= 4 is 6.41 Å². The van der Waals surface area contributed by atoms with E-state index in [-0.39, 0.29) is 5.54 Å². The van der Waals surface area contributed by atoms with E-state index < -0.39 is 0 Å². The monoisotopic (exact) mass is 143 g/mol. The first-order valence-corrected chi connectivity index (χ1v) is 3.06. The molecule has 0 aromatic carbocycles. The van der Waals surface area contributed by atoms with E-state index in [1.807, 2.05) is 20.8 Å². The summed E-state index contributed by atoms with van der Waals surface area (Å²) in [6.45, 7) is 5.74. The van der Waals surface area contributed by atoms with Crippen molar-refractivity contribution in [3.05, 3.63) is 0 Å². The lowest BCUT2D eigenvalue weighted by atomic mass is 10.1. The minimum Gasteiger partial charge on any atom is -0.277 e. The summed E-state index contributed by atoms with van der Waals surface area (Å²) in [6, 6.07) is 0. The van der Waals surface area contributed by atoms with Gasteiger partial charge in [0.25, 0.3) is 0 Å². The number of hydrogen-bond donors (Lipinski definition) is 0. The van der Waals surface area contributed by atoms with Gasteiger partial charge in [-0.1, -0.05) is 5.22 Å². The van der Waals surface area contributed by atoms with Gasteiger partial charge in [0.1, 0.15) is 0 Å². The van der Waals surface area contributed by atoms with Crippen molar-refractivity contribution in [1.29, 1.82) is 0 Å². The molecule has 0 atom stereocenters. The van der Waals surface area contributed by atoms with Crippen LogP contribution in [0.5, 0.6) is 0 Å². The Bertz CT molecular complexity index is 136. The molecule has 0 unspecified atom stereocenters. The Balaban J connectivity index is 3.87. The summed E-state index contributed by atoms with van der Waals surface area (Å²) in [7, 11) is 1.54. The fourth-order valence-electron chi connectivity index (χ4n) is 0.226. The summed E-state index contributed by atoms with van der Waals surface area (Å²) >= 11 is 0. The Kier molecular flexibility index (Phi) is 2.99. The van der Waals surface area contributed by atoms with Crippen LogP contribution in [0.3, 0.4) is 0 Å². The summed E-state index contributed by atoms with van der Waals surface area (Å²) < 4.78 is 0. The van der Waals surface area contributed by atoms with Crippen molar-refractivity contribution in [2.45, 2.75) is 26.3 Å². The SMILES string of the molecule is CN(C=O)/N=N/C(C)(C)C. The molecule has 4 heteroatoms. The molecule has 1 amide bonds. The van der Waals surface area contributed by atoms with Crippen LogP contribution in [0.15, 0.2) is 10.3 Å². The molecule has 4 nitrogen and oxygen atoms in total. The van der Waals surface area contributed by atoms with E-state index in [4.69, 9.17) is 0 Å².